The van der Waals surface area contributed by atoms with E-state index in [0.29, 0.717) is 0 Å². The summed E-state index contributed by atoms with van der Waals surface area (Å²) in [7, 11) is 0. The molecule has 0 aliphatic heterocycles. The summed E-state index contributed by atoms with van der Waals surface area (Å²) < 4.78 is 0. The van der Waals surface area contributed by atoms with Crippen LogP contribution >= 0.6 is 0 Å². The molecule has 110 valence electrons. The Morgan fingerprint density at radius 1 is 0.682 bits per heavy atom. The summed E-state index contributed by atoms with van der Waals surface area (Å²) in [6, 6.07) is 7.88. The Bertz CT molecular complexity index is 764. The van der Waals surface area contributed by atoms with Crippen LogP contribution in [-0.4, -0.2) is 20.2 Å². The molecule has 3 aromatic rings. The number of aromatic hydroxyl groups is 2. The van der Waals surface area contributed by atoms with E-state index in [1.807, 2.05) is 24.3 Å². The zero-order valence-corrected chi connectivity index (χ0v) is 11.4. The number of hydrogen-bond acceptors (Lipinski definition) is 6. The first-order chi connectivity index (χ1) is 10.6. The molecule has 0 amide bonds. The lowest BCUT2D eigenvalue weighted by molar-refractivity contribution is 0.384. The molecule has 6 nitrogen and oxygen atoms in total. The molecule has 0 atom stereocenters. The van der Waals surface area contributed by atoms with Gasteiger partial charge in [0.1, 0.15) is 0 Å². The van der Waals surface area contributed by atoms with Crippen molar-refractivity contribution >= 4 is 12.2 Å². The van der Waals surface area contributed by atoms with Crippen molar-refractivity contribution in [2.75, 3.05) is 0 Å². The monoisotopic (exact) mass is 296 g/mol. The van der Waals surface area contributed by atoms with Gasteiger partial charge in [-0.15, -0.1) is 0 Å². The second-order valence-corrected chi connectivity index (χ2v) is 4.25. The largest absolute Gasteiger partial charge is 0.501 e. The highest BCUT2D eigenvalue weighted by Gasteiger charge is 2.17. The van der Waals surface area contributed by atoms with E-state index < -0.39 is 22.4 Å². The van der Waals surface area contributed by atoms with E-state index in [9.17, 15) is 9.59 Å². The molecule has 2 aromatic heterocycles. The molecule has 0 aliphatic rings. The summed E-state index contributed by atoms with van der Waals surface area (Å²) in [5.74, 6) is -1.65. The van der Waals surface area contributed by atoms with Gasteiger partial charge in [0.2, 0.25) is 11.5 Å². The standard InChI is InChI=1S/C12H10N2.C4H2O4/c1(11-3-7-13-8-4-11)2-12-5-9-14-10-6-12;5-1-2(6)4(8)3(1)7/h1-10H;5-6H/b2-1+;. The van der Waals surface area contributed by atoms with Gasteiger partial charge in [0.05, 0.1) is 0 Å². The Balaban J connectivity index is 0.000000188. The lowest BCUT2D eigenvalue weighted by Gasteiger charge is -1.92. The first kappa shape index (κ1) is 15.1. The van der Waals surface area contributed by atoms with Crippen LogP contribution < -0.4 is 10.9 Å². The van der Waals surface area contributed by atoms with Crippen molar-refractivity contribution in [3.05, 3.63) is 80.6 Å². The number of nitrogens with zero attached hydrogens (tertiary/aromatic N) is 2. The summed E-state index contributed by atoms with van der Waals surface area (Å²) in [5.41, 5.74) is 0.277. The minimum atomic E-state index is -1.01. The van der Waals surface area contributed by atoms with Crippen LogP contribution in [0, 0.1) is 0 Å². The molecular weight excluding hydrogens is 284 g/mol. The van der Waals surface area contributed by atoms with E-state index in [2.05, 4.69) is 22.1 Å². The van der Waals surface area contributed by atoms with E-state index in [-0.39, 0.29) is 0 Å². The maximum atomic E-state index is 9.95. The maximum Gasteiger partial charge on any atom is 0.275 e. The van der Waals surface area contributed by atoms with Gasteiger partial charge in [-0.3, -0.25) is 19.6 Å². The van der Waals surface area contributed by atoms with Crippen LogP contribution in [0.5, 0.6) is 11.5 Å². The molecule has 6 heteroatoms. The predicted molar refractivity (Wildman–Crippen MR) is 82.1 cm³/mol. The van der Waals surface area contributed by atoms with Crippen molar-refractivity contribution in [3.63, 3.8) is 0 Å². The van der Waals surface area contributed by atoms with Gasteiger partial charge in [0, 0.05) is 24.8 Å². The van der Waals surface area contributed by atoms with Crippen molar-refractivity contribution in [2.24, 2.45) is 0 Å². The maximum absolute atomic E-state index is 9.95. The van der Waals surface area contributed by atoms with Crippen LogP contribution in [0.3, 0.4) is 0 Å². The van der Waals surface area contributed by atoms with Crippen LogP contribution in [0.15, 0.2) is 58.6 Å². The van der Waals surface area contributed by atoms with Crippen LogP contribution in [0.4, 0.5) is 0 Å². The minimum Gasteiger partial charge on any atom is -0.501 e. The Kier molecular flexibility index (Phi) is 4.77. The Morgan fingerprint density at radius 3 is 1.27 bits per heavy atom. The highest BCUT2D eigenvalue weighted by atomic mass is 16.3. The fraction of sp³-hybridized carbons (Fsp3) is 0. The highest BCUT2D eigenvalue weighted by molar-refractivity contribution is 5.68. The molecule has 2 heterocycles. The summed E-state index contributed by atoms with van der Waals surface area (Å²) in [6.07, 6.45) is 11.2. The van der Waals surface area contributed by atoms with E-state index >= 15 is 0 Å². The summed E-state index contributed by atoms with van der Waals surface area (Å²) in [5, 5.41) is 16.4. The van der Waals surface area contributed by atoms with Gasteiger partial charge in [0.25, 0.3) is 10.9 Å². The molecule has 0 bridgehead atoms. The molecule has 3 rings (SSSR count). The SMILES string of the molecule is C(=C\c1ccncc1)/c1ccncc1.O=c1c(O)c(O)c1=O. The second-order valence-electron chi connectivity index (χ2n) is 4.25. The van der Waals surface area contributed by atoms with Gasteiger partial charge in [0.15, 0.2) is 0 Å². The molecule has 0 unspecified atom stereocenters. The van der Waals surface area contributed by atoms with Crippen LogP contribution in [0.1, 0.15) is 11.1 Å². The predicted octanol–water partition coefficient (Wildman–Crippen LogP) is 1.34. The van der Waals surface area contributed by atoms with Crippen LogP contribution in [0.25, 0.3) is 12.2 Å². The molecule has 0 aliphatic carbocycles. The third kappa shape index (κ3) is 3.63. The normalized spacial score (nSPS) is 10.4. The molecule has 2 N–H and O–H groups in total. The quantitative estimate of drug-likeness (QED) is 0.692. The Hall–Kier alpha value is -3.28. The second kappa shape index (κ2) is 6.94. The van der Waals surface area contributed by atoms with Gasteiger partial charge in [-0.1, -0.05) is 12.2 Å². The van der Waals surface area contributed by atoms with Gasteiger partial charge in [-0.25, -0.2) is 0 Å². The molecule has 0 saturated carbocycles. The van der Waals surface area contributed by atoms with Crippen LogP contribution in [-0.2, 0) is 0 Å². The molecule has 0 fully saturated rings. The highest BCUT2D eigenvalue weighted by Crippen LogP contribution is 2.13. The number of pyridine rings is 2. The van der Waals surface area contributed by atoms with Crippen molar-refractivity contribution < 1.29 is 10.2 Å². The minimum absolute atomic E-state index is 0.824. The lowest BCUT2D eigenvalue weighted by atomic mass is 10.2. The first-order valence-electron chi connectivity index (χ1n) is 6.29. The van der Waals surface area contributed by atoms with Gasteiger partial charge in [-0.2, -0.15) is 0 Å². The van der Waals surface area contributed by atoms with Crippen molar-refractivity contribution in [1.82, 2.24) is 9.97 Å². The lowest BCUT2D eigenvalue weighted by Crippen LogP contribution is -2.28. The fourth-order valence-electron chi connectivity index (χ4n) is 1.51. The Labute approximate surface area is 125 Å². The first-order valence-corrected chi connectivity index (χ1v) is 6.29. The van der Waals surface area contributed by atoms with E-state index in [4.69, 9.17) is 10.2 Å². The zero-order valence-electron chi connectivity index (χ0n) is 11.4. The Morgan fingerprint density at radius 2 is 1.00 bits per heavy atom. The smallest absolute Gasteiger partial charge is 0.275 e. The van der Waals surface area contributed by atoms with E-state index in [1.54, 1.807) is 24.8 Å². The topological polar surface area (TPSA) is 100 Å². The van der Waals surface area contributed by atoms with E-state index in [0.717, 1.165) is 11.1 Å². The van der Waals surface area contributed by atoms with Crippen molar-refractivity contribution in [1.29, 1.82) is 0 Å². The van der Waals surface area contributed by atoms with Gasteiger partial charge < -0.3 is 10.2 Å². The molecule has 0 saturated heterocycles. The van der Waals surface area contributed by atoms with Crippen molar-refractivity contribution in [3.8, 4) is 11.5 Å². The number of aromatic nitrogens is 2. The third-order valence-electron chi connectivity index (χ3n) is 2.74. The van der Waals surface area contributed by atoms with Gasteiger partial charge in [-0.05, 0) is 35.4 Å². The van der Waals surface area contributed by atoms with Crippen LogP contribution in [0.2, 0.25) is 0 Å². The third-order valence-corrected chi connectivity index (χ3v) is 2.74. The number of rotatable bonds is 2. The summed E-state index contributed by atoms with van der Waals surface area (Å²) in [6.45, 7) is 0. The summed E-state index contributed by atoms with van der Waals surface area (Å²) in [4.78, 5) is 27.8. The fourth-order valence-corrected chi connectivity index (χ4v) is 1.51. The molecular formula is C16H12N2O4. The number of hydrogen-bond donors (Lipinski definition) is 2. The molecule has 1 aromatic carbocycles. The molecule has 0 spiro atoms. The average molecular weight is 296 g/mol. The molecule has 0 radical (unpaired) electrons. The average Bonchev–Trinajstić information content (AvgIpc) is 2.60. The summed E-state index contributed by atoms with van der Waals surface area (Å²) >= 11 is 0. The zero-order chi connectivity index (χ0) is 15.9. The van der Waals surface area contributed by atoms with E-state index in [1.165, 1.54) is 0 Å². The van der Waals surface area contributed by atoms with Gasteiger partial charge >= 0.3 is 0 Å². The van der Waals surface area contributed by atoms with Crippen molar-refractivity contribution in [2.45, 2.75) is 0 Å². The molecule has 22 heavy (non-hydrogen) atoms.